The highest BCUT2D eigenvalue weighted by molar-refractivity contribution is 6.36. The van der Waals surface area contributed by atoms with Crippen molar-refractivity contribution in [1.29, 1.82) is 0 Å². The van der Waals surface area contributed by atoms with Gasteiger partial charge in [0.15, 0.2) is 0 Å². The van der Waals surface area contributed by atoms with Crippen LogP contribution in [0.15, 0.2) is 0 Å². The monoisotopic (exact) mass is 244 g/mol. The SMILES string of the molecule is CCOC(=O)[C@H]1CN(CCOC)C(=O)C(=O)N1. The van der Waals surface area contributed by atoms with Gasteiger partial charge in [0.05, 0.1) is 19.8 Å². The van der Waals surface area contributed by atoms with Crippen molar-refractivity contribution in [3.05, 3.63) is 0 Å². The molecular weight excluding hydrogens is 228 g/mol. The van der Waals surface area contributed by atoms with Crippen molar-refractivity contribution in [3.8, 4) is 0 Å². The van der Waals surface area contributed by atoms with Gasteiger partial charge in [0.2, 0.25) is 0 Å². The molecule has 1 aliphatic heterocycles. The van der Waals surface area contributed by atoms with E-state index in [-0.39, 0.29) is 19.7 Å². The molecule has 2 amide bonds. The molecule has 1 rings (SSSR count). The van der Waals surface area contributed by atoms with Crippen molar-refractivity contribution in [2.24, 2.45) is 0 Å². The summed E-state index contributed by atoms with van der Waals surface area (Å²) in [6, 6.07) is -0.794. The molecule has 0 aromatic heterocycles. The second-order valence-electron chi connectivity index (χ2n) is 3.52. The Morgan fingerprint density at radius 1 is 1.53 bits per heavy atom. The summed E-state index contributed by atoms with van der Waals surface area (Å²) in [6.45, 7) is 2.62. The predicted molar refractivity (Wildman–Crippen MR) is 57.0 cm³/mol. The summed E-state index contributed by atoms with van der Waals surface area (Å²) in [5.74, 6) is -1.97. The van der Waals surface area contributed by atoms with Crippen LogP contribution in [0.1, 0.15) is 6.92 Å². The molecule has 1 heterocycles. The number of nitrogens with zero attached hydrogens (tertiary/aromatic N) is 1. The second kappa shape index (κ2) is 6.19. The fraction of sp³-hybridized carbons (Fsp3) is 0.700. The van der Waals surface area contributed by atoms with Crippen LogP contribution in [-0.2, 0) is 23.9 Å². The molecular formula is C10H16N2O5. The van der Waals surface area contributed by atoms with E-state index in [0.717, 1.165) is 0 Å². The van der Waals surface area contributed by atoms with E-state index in [1.807, 2.05) is 0 Å². The lowest BCUT2D eigenvalue weighted by atomic mass is 10.2. The van der Waals surface area contributed by atoms with E-state index in [2.05, 4.69) is 5.32 Å². The third-order valence-electron chi connectivity index (χ3n) is 2.33. The number of piperazine rings is 1. The van der Waals surface area contributed by atoms with Gasteiger partial charge in [0.25, 0.3) is 0 Å². The van der Waals surface area contributed by atoms with E-state index in [0.29, 0.717) is 6.61 Å². The second-order valence-corrected chi connectivity index (χ2v) is 3.52. The largest absolute Gasteiger partial charge is 0.464 e. The number of ether oxygens (including phenoxy) is 2. The molecule has 0 aromatic carbocycles. The molecule has 1 aliphatic rings. The Bertz CT molecular complexity index is 318. The summed E-state index contributed by atoms with van der Waals surface area (Å²) >= 11 is 0. The van der Waals surface area contributed by atoms with Crippen LogP contribution < -0.4 is 5.32 Å². The number of carbonyl (C=O) groups excluding carboxylic acids is 3. The summed E-state index contributed by atoms with van der Waals surface area (Å²) in [4.78, 5) is 35.5. The Labute approximate surface area is 99.0 Å². The quantitative estimate of drug-likeness (QED) is 0.471. The number of nitrogens with one attached hydrogen (secondary N) is 1. The average Bonchev–Trinajstić information content (AvgIpc) is 2.31. The molecule has 7 heteroatoms. The Morgan fingerprint density at radius 3 is 2.82 bits per heavy atom. The number of carbonyl (C=O) groups is 3. The number of amides is 2. The van der Waals surface area contributed by atoms with Gasteiger partial charge in [-0.2, -0.15) is 0 Å². The molecule has 0 unspecified atom stereocenters. The summed E-state index contributed by atoms with van der Waals surface area (Å²) < 4.78 is 9.62. The van der Waals surface area contributed by atoms with Crippen molar-refractivity contribution < 1.29 is 23.9 Å². The predicted octanol–water partition coefficient (Wildman–Crippen LogP) is -1.48. The van der Waals surface area contributed by atoms with E-state index in [4.69, 9.17) is 9.47 Å². The van der Waals surface area contributed by atoms with Crippen LogP contribution in [0, 0.1) is 0 Å². The summed E-state index contributed by atoms with van der Waals surface area (Å²) in [5.41, 5.74) is 0. The van der Waals surface area contributed by atoms with Gasteiger partial charge in [0.1, 0.15) is 6.04 Å². The van der Waals surface area contributed by atoms with Gasteiger partial charge in [0, 0.05) is 13.7 Å². The zero-order valence-electron chi connectivity index (χ0n) is 9.89. The van der Waals surface area contributed by atoms with Crippen molar-refractivity contribution in [2.75, 3.05) is 33.4 Å². The summed E-state index contributed by atoms with van der Waals surface area (Å²) in [6.07, 6.45) is 0. The van der Waals surface area contributed by atoms with E-state index in [1.165, 1.54) is 12.0 Å². The summed E-state index contributed by atoms with van der Waals surface area (Å²) in [5, 5.41) is 2.31. The Kier molecular flexibility index (Phi) is 4.89. The Hall–Kier alpha value is -1.63. The van der Waals surface area contributed by atoms with Gasteiger partial charge in [-0.05, 0) is 6.92 Å². The molecule has 0 aromatic rings. The van der Waals surface area contributed by atoms with Gasteiger partial charge < -0.3 is 19.7 Å². The zero-order valence-corrected chi connectivity index (χ0v) is 9.89. The number of methoxy groups -OCH3 is 1. The van der Waals surface area contributed by atoms with Crippen LogP contribution in [0.4, 0.5) is 0 Å². The minimum absolute atomic E-state index is 0.118. The van der Waals surface area contributed by atoms with Crippen LogP contribution in [0.2, 0.25) is 0 Å². The van der Waals surface area contributed by atoms with Crippen molar-refractivity contribution in [3.63, 3.8) is 0 Å². The van der Waals surface area contributed by atoms with E-state index in [1.54, 1.807) is 6.92 Å². The number of hydrogen-bond donors (Lipinski definition) is 1. The van der Waals surface area contributed by atoms with Crippen LogP contribution in [0.5, 0.6) is 0 Å². The number of hydrogen-bond acceptors (Lipinski definition) is 5. The molecule has 0 spiro atoms. The molecule has 1 fully saturated rings. The third kappa shape index (κ3) is 3.42. The lowest BCUT2D eigenvalue weighted by Gasteiger charge is -2.31. The van der Waals surface area contributed by atoms with Crippen molar-refractivity contribution >= 4 is 17.8 Å². The summed E-state index contributed by atoms with van der Waals surface area (Å²) in [7, 11) is 1.50. The maximum Gasteiger partial charge on any atom is 0.330 e. The first-order valence-electron chi connectivity index (χ1n) is 5.35. The number of rotatable bonds is 5. The molecule has 1 atom stereocenters. The molecule has 0 bridgehead atoms. The Morgan fingerprint density at radius 2 is 2.24 bits per heavy atom. The molecule has 7 nitrogen and oxygen atoms in total. The van der Waals surface area contributed by atoms with Gasteiger partial charge >= 0.3 is 17.8 Å². The lowest BCUT2D eigenvalue weighted by Crippen LogP contribution is -2.61. The topological polar surface area (TPSA) is 84.9 Å². The molecule has 96 valence electrons. The lowest BCUT2D eigenvalue weighted by molar-refractivity contribution is -0.156. The number of esters is 1. The standard InChI is InChI=1S/C10H16N2O5/c1-3-17-10(15)7-6-12(4-5-16-2)9(14)8(13)11-7/h7H,3-6H2,1-2H3,(H,11,13)/t7-/m1/s1. The van der Waals surface area contributed by atoms with Crippen molar-refractivity contribution in [2.45, 2.75) is 13.0 Å². The first-order valence-corrected chi connectivity index (χ1v) is 5.35. The van der Waals surface area contributed by atoms with E-state index in [9.17, 15) is 14.4 Å². The highest BCUT2D eigenvalue weighted by Crippen LogP contribution is 2.03. The maximum atomic E-state index is 11.5. The molecule has 0 saturated carbocycles. The van der Waals surface area contributed by atoms with Gasteiger partial charge in [-0.3, -0.25) is 9.59 Å². The van der Waals surface area contributed by atoms with Gasteiger partial charge in [-0.1, -0.05) is 0 Å². The highest BCUT2D eigenvalue weighted by atomic mass is 16.5. The van der Waals surface area contributed by atoms with Crippen LogP contribution in [0.3, 0.4) is 0 Å². The molecule has 1 saturated heterocycles. The molecule has 0 radical (unpaired) electrons. The average molecular weight is 244 g/mol. The van der Waals surface area contributed by atoms with Gasteiger partial charge in [-0.25, -0.2) is 4.79 Å². The fourth-order valence-electron chi connectivity index (χ4n) is 1.48. The normalized spacial score (nSPS) is 20.1. The third-order valence-corrected chi connectivity index (χ3v) is 2.33. The smallest absolute Gasteiger partial charge is 0.330 e. The van der Waals surface area contributed by atoms with E-state index < -0.39 is 23.8 Å². The van der Waals surface area contributed by atoms with Crippen LogP contribution in [0.25, 0.3) is 0 Å². The van der Waals surface area contributed by atoms with Crippen LogP contribution in [-0.4, -0.2) is 62.1 Å². The minimum atomic E-state index is -0.794. The minimum Gasteiger partial charge on any atom is -0.464 e. The van der Waals surface area contributed by atoms with Crippen molar-refractivity contribution in [1.82, 2.24) is 10.2 Å². The first-order chi connectivity index (χ1) is 8.10. The van der Waals surface area contributed by atoms with E-state index >= 15 is 0 Å². The van der Waals surface area contributed by atoms with Gasteiger partial charge in [-0.15, -0.1) is 0 Å². The molecule has 0 aliphatic carbocycles. The fourth-order valence-corrected chi connectivity index (χ4v) is 1.48. The highest BCUT2D eigenvalue weighted by Gasteiger charge is 2.36. The Balaban J connectivity index is 2.63. The molecule has 17 heavy (non-hydrogen) atoms. The molecule has 1 N–H and O–H groups in total. The zero-order chi connectivity index (χ0) is 12.8. The van der Waals surface area contributed by atoms with Crippen LogP contribution >= 0.6 is 0 Å². The maximum absolute atomic E-state index is 11.5. The first kappa shape index (κ1) is 13.4.